The minimum Gasteiger partial charge on any atom is -0.431 e. The van der Waals surface area contributed by atoms with Crippen LogP contribution in [0.25, 0.3) is 0 Å². The van der Waals surface area contributed by atoms with Crippen LogP contribution in [0, 0.1) is 13.8 Å². The summed E-state index contributed by atoms with van der Waals surface area (Å²) in [7, 11) is -6.48. The van der Waals surface area contributed by atoms with E-state index in [0.29, 0.717) is 6.42 Å². The van der Waals surface area contributed by atoms with Gasteiger partial charge in [-0.15, -0.1) is 0 Å². The highest BCUT2D eigenvalue weighted by Gasteiger charge is 2.35. The molecule has 0 spiro atoms. The lowest BCUT2D eigenvalue weighted by Crippen LogP contribution is -2.47. The molecule has 1 aromatic carbocycles. The van der Waals surface area contributed by atoms with E-state index in [9.17, 15) is 21.6 Å². The molecule has 1 unspecified atom stereocenters. The van der Waals surface area contributed by atoms with Crippen LogP contribution >= 0.6 is 0 Å². The molecule has 0 saturated carbocycles. The first kappa shape index (κ1) is 27.1. The van der Waals surface area contributed by atoms with Crippen molar-refractivity contribution < 1.29 is 30.8 Å². The number of anilines is 2. The van der Waals surface area contributed by atoms with Crippen molar-refractivity contribution in [3.8, 4) is 0 Å². The Bertz CT molecular complexity index is 1260. The van der Waals surface area contributed by atoms with Crippen LogP contribution in [0.3, 0.4) is 0 Å². The Hall–Kier alpha value is -2.52. The van der Waals surface area contributed by atoms with Crippen LogP contribution in [0.1, 0.15) is 35.0 Å². The molecule has 1 amide bonds. The van der Waals surface area contributed by atoms with Gasteiger partial charge in [0, 0.05) is 39.0 Å². The smallest absolute Gasteiger partial charge is 0.304 e. The molecule has 14 heteroatoms. The zero-order valence-corrected chi connectivity index (χ0v) is 21.8. The Labute approximate surface area is 205 Å². The average Bonchev–Trinajstić information content (AvgIpc) is 3.12. The summed E-state index contributed by atoms with van der Waals surface area (Å²) < 4.78 is 65.7. The number of amides is 1. The van der Waals surface area contributed by atoms with Crippen molar-refractivity contribution in [3.05, 3.63) is 41.3 Å². The first-order chi connectivity index (χ1) is 16.4. The van der Waals surface area contributed by atoms with E-state index in [1.807, 2.05) is 36.8 Å². The summed E-state index contributed by atoms with van der Waals surface area (Å²) in [5.41, 5.74) is 2.46. The van der Waals surface area contributed by atoms with Gasteiger partial charge in [-0.2, -0.15) is 22.0 Å². The van der Waals surface area contributed by atoms with Crippen LogP contribution in [0.2, 0.25) is 0 Å². The van der Waals surface area contributed by atoms with Gasteiger partial charge in [0.2, 0.25) is 10.0 Å². The number of hydrogen-bond acceptors (Lipinski definition) is 9. The number of nitrogens with zero attached hydrogens (tertiary/aromatic N) is 3. The lowest BCUT2D eigenvalue weighted by atomic mass is 10.1. The fraction of sp³-hybridized carbons (Fsp3) is 0.524. The third-order valence-corrected chi connectivity index (χ3v) is 9.03. The standard InChI is InChI=1S/C21H31N5O7S2/c1-5-10-34(28,29)25-8-9-26(13-17(12-25)32-4)35(30,31)24-20(27)19-14-33-21(23-19)22-18-11-15(2)6-7-16(18)3/h6-7,11,14,17H,5,8-10,12-13H2,1-4H3,(H,22,23)(H,24,27). The summed E-state index contributed by atoms with van der Waals surface area (Å²) in [6.07, 6.45) is 0.792. The SMILES string of the molecule is CCCS(=O)(=O)N1CCN(S(=O)(=O)NC(=O)c2coc(Nc3cc(C)ccc3C)n2)CC(OC)C1. The number of carbonyl (C=O) groups is 1. The molecule has 1 atom stereocenters. The van der Waals surface area contributed by atoms with E-state index >= 15 is 0 Å². The van der Waals surface area contributed by atoms with Crippen molar-refractivity contribution in [2.45, 2.75) is 33.3 Å². The molecular weight excluding hydrogens is 498 g/mol. The second-order valence-corrected chi connectivity index (χ2v) is 12.1. The third-order valence-electron chi connectivity index (χ3n) is 5.54. The third kappa shape index (κ3) is 6.79. The molecule has 194 valence electrons. The first-order valence-corrected chi connectivity index (χ1v) is 14.1. The van der Waals surface area contributed by atoms with Crippen LogP contribution < -0.4 is 10.0 Å². The van der Waals surface area contributed by atoms with Gasteiger partial charge in [-0.05, 0) is 37.5 Å². The molecule has 35 heavy (non-hydrogen) atoms. The Morgan fingerprint density at radius 2 is 1.86 bits per heavy atom. The normalized spacial score (nSPS) is 18.2. The van der Waals surface area contributed by atoms with E-state index < -0.39 is 32.2 Å². The van der Waals surface area contributed by atoms with E-state index in [-0.39, 0.29) is 43.6 Å². The topological polar surface area (TPSA) is 151 Å². The Balaban J connectivity index is 1.70. The Kier molecular flexibility index (Phi) is 8.54. The summed E-state index contributed by atoms with van der Waals surface area (Å²) >= 11 is 0. The Morgan fingerprint density at radius 3 is 2.54 bits per heavy atom. The Morgan fingerprint density at radius 1 is 1.17 bits per heavy atom. The van der Waals surface area contributed by atoms with Gasteiger partial charge in [-0.1, -0.05) is 19.1 Å². The molecule has 1 aliphatic rings. The van der Waals surface area contributed by atoms with Gasteiger partial charge in [0.15, 0.2) is 5.69 Å². The second kappa shape index (κ2) is 11.0. The number of nitrogens with one attached hydrogen (secondary N) is 2. The summed E-state index contributed by atoms with van der Waals surface area (Å²) in [5, 5.41) is 2.97. The molecule has 2 heterocycles. The summed E-state index contributed by atoms with van der Waals surface area (Å²) in [4.78, 5) is 16.7. The summed E-state index contributed by atoms with van der Waals surface area (Å²) in [5.74, 6) is -1.02. The highest BCUT2D eigenvalue weighted by atomic mass is 32.2. The lowest BCUT2D eigenvalue weighted by molar-refractivity contribution is 0.0833. The van der Waals surface area contributed by atoms with Gasteiger partial charge < -0.3 is 14.5 Å². The molecule has 1 aliphatic heterocycles. The van der Waals surface area contributed by atoms with Gasteiger partial charge in [0.1, 0.15) is 6.26 Å². The van der Waals surface area contributed by atoms with E-state index in [1.54, 1.807) is 6.92 Å². The number of benzene rings is 1. The number of aromatic nitrogens is 1. The quantitative estimate of drug-likeness (QED) is 0.491. The maximum atomic E-state index is 12.9. The fourth-order valence-corrected chi connectivity index (χ4v) is 6.26. The molecule has 2 aromatic rings. The number of rotatable bonds is 9. The molecule has 0 radical (unpaired) electrons. The molecule has 2 N–H and O–H groups in total. The highest BCUT2D eigenvalue weighted by Crippen LogP contribution is 2.21. The number of hydrogen-bond donors (Lipinski definition) is 2. The number of sulfonamides is 1. The van der Waals surface area contributed by atoms with Gasteiger partial charge in [0.25, 0.3) is 11.9 Å². The summed E-state index contributed by atoms with van der Waals surface area (Å²) in [6, 6.07) is 5.80. The van der Waals surface area contributed by atoms with Gasteiger partial charge in [0.05, 0.1) is 11.9 Å². The lowest BCUT2D eigenvalue weighted by Gasteiger charge is -2.22. The maximum absolute atomic E-state index is 12.9. The van der Waals surface area contributed by atoms with Crippen LogP contribution in [0.4, 0.5) is 11.7 Å². The van der Waals surface area contributed by atoms with E-state index in [2.05, 4.69) is 10.3 Å². The van der Waals surface area contributed by atoms with Gasteiger partial charge in [-0.25, -0.2) is 13.1 Å². The van der Waals surface area contributed by atoms with Crippen molar-refractivity contribution in [2.24, 2.45) is 0 Å². The largest absolute Gasteiger partial charge is 0.431 e. The monoisotopic (exact) mass is 529 g/mol. The number of methoxy groups -OCH3 is 1. The molecule has 3 rings (SSSR count). The van der Waals surface area contributed by atoms with Crippen LogP contribution in [0.15, 0.2) is 28.9 Å². The zero-order chi connectivity index (χ0) is 25.8. The summed E-state index contributed by atoms with van der Waals surface area (Å²) in [6.45, 7) is 5.30. The predicted molar refractivity (Wildman–Crippen MR) is 130 cm³/mol. The van der Waals surface area contributed by atoms with E-state index in [0.717, 1.165) is 27.4 Å². The molecular formula is C21H31N5O7S2. The van der Waals surface area contributed by atoms with Crippen molar-refractivity contribution in [1.29, 1.82) is 0 Å². The van der Waals surface area contributed by atoms with E-state index in [4.69, 9.17) is 9.15 Å². The van der Waals surface area contributed by atoms with Crippen LogP contribution in [0.5, 0.6) is 0 Å². The zero-order valence-electron chi connectivity index (χ0n) is 20.1. The molecule has 1 aromatic heterocycles. The van der Waals surface area contributed by atoms with Gasteiger partial charge in [-0.3, -0.25) is 4.79 Å². The minimum atomic E-state index is -4.31. The molecule has 12 nitrogen and oxygen atoms in total. The predicted octanol–water partition coefficient (Wildman–Crippen LogP) is 1.38. The maximum Gasteiger partial charge on any atom is 0.304 e. The number of aryl methyl sites for hydroxylation is 2. The van der Waals surface area contributed by atoms with Crippen molar-refractivity contribution in [1.82, 2.24) is 18.3 Å². The first-order valence-electron chi connectivity index (χ1n) is 11.1. The van der Waals surface area contributed by atoms with Crippen LogP contribution in [-0.4, -0.2) is 81.5 Å². The number of oxazole rings is 1. The molecule has 0 bridgehead atoms. The van der Waals surface area contributed by atoms with E-state index in [1.165, 1.54) is 11.4 Å². The molecule has 0 aliphatic carbocycles. The molecule has 1 fully saturated rings. The minimum absolute atomic E-state index is 0.0233. The van der Waals surface area contributed by atoms with Gasteiger partial charge >= 0.3 is 10.2 Å². The number of ether oxygens (including phenoxy) is 1. The fourth-order valence-electron chi connectivity index (χ4n) is 3.58. The second-order valence-electron chi connectivity index (χ2n) is 8.31. The van der Waals surface area contributed by atoms with Crippen molar-refractivity contribution >= 4 is 37.8 Å². The molecule has 1 saturated heterocycles. The highest BCUT2D eigenvalue weighted by molar-refractivity contribution is 7.89. The van der Waals surface area contributed by atoms with Crippen molar-refractivity contribution in [2.75, 3.05) is 44.4 Å². The average molecular weight is 530 g/mol. The van der Waals surface area contributed by atoms with Crippen LogP contribution in [-0.2, 0) is 25.0 Å². The van der Waals surface area contributed by atoms with Crippen molar-refractivity contribution in [3.63, 3.8) is 0 Å². The number of carbonyl (C=O) groups excluding carboxylic acids is 1.